The molecule has 4 rings (SSSR count). The number of amides is 1. The van der Waals surface area contributed by atoms with Gasteiger partial charge in [-0.2, -0.15) is 0 Å². The Morgan fingerprint density at radius 1 is 1.16 bits per heavy atom. The Labute approximate surface area is 186 Å². The summed E-state index contributed by atoms with van der Waals surface area (Å²) in [4.78, 5) is 34.6. The molecule has 162 valence electrons. The van der Waals surface area contributed by atoms with Gasteiger partial charge in [0, 0.05) is 18.4 Å². The smallest absolute Gasteiger partial charge is 0.262 e. The van der Waals surface area contributed by atoms with Crippen LogP contribution in [0.5, 0.6) is 0 Å². The van der Waals surface area contributed by atoms with Crippen LogP contribution >= 0.6 is 11.8 Å². The zero-order valence-corrected chi connectivity index (χ0v) is 18.8. The summed E-state index contributed by atoms with van der Waals surface area (Å²) in [5, 5.41) is 4.34. The highest BCUT2D eigenvalue weighted by molar-refractivity contribution is 7.99. The number of para-hydroxylation sites is 1. The molecular weight excluding hydrogens is 408 g/mol. The van der Waals surface area contributed by atoms with Crippen LogP contribution in [0.3, 0.4) is 0 Å². The van der Waals surface area contributed by atoms with Crippen molar-refractivity contribution in [3.63, 3.8) is 0 Å². The number of nitrogens with one attached hydrogen (secondary N) is 1. The third-order valence-electron chi connectivity index (χ3n) is 6.30. The summed E-state index contributed by atoms with van der Waals surface area (Å²) < 4.78 is 1.65. The Morgan fingerprint density at radius 3 is 2.74 bits per heavy atom. The fourth-order valence-electron chi connectivity index (χ4n) is 4.23. The second-order valence-electron chi connectivity index (χ2n) is 8.39. The van der Waals surface area contributed by atoms with Crippen molar-refractivity contribution in [2.24, 2.45) is 11.8 Å². The Bertz CT molecular complexity index is 1120. The molecule has 1 aliphatic rings. The van der Waals surface area contributed by atoms with Crippen molar-refractivity contribution < 1.29 is 4.79 Å². The van der Waals surface area contributed by atoms with Crippen molar-refractivity contribution in [3.05, 3.63) is 64.7 Å². The number of nitrogens with zero attached hydrogens (tertiary/aromatic N) is 3. The van der Waals surface area contributed by atoms with E-state index in [9.17, 15) is 9.59 Å². The number of fused-ring (bicyclic) bond motifs is 1. The highest BCUT2D eigenvalue weighted by Crippen LogP contribution is 2.29. The summed E-state index contributed by atoms with van der Waals surface area (Å²) >= 11 is 1.32. The van der Waals surface area contributed by atoms with E-state index in [1.165, 1.54) is 18.2 Å². The summed E-state index contributed by atoms with van der Waals surface area (Å²) in [6.45, 7) is 4.87. The largest absolute Gasteiger partial charge is 0.352 e. The lowest BCUT2D eigenvalue weighted by Gasteiger charge is -2.34. The van der Waals surface area contributed by atoms with Gasteiger partial charge in [0.1, 0.15) is 0 Å². The Balaban J connectivity index is 1.55. The Kier molecular flexibility index (Phi) is 6.70. The number of hydrogen-bond acceptors (Lipinski definition) is 5. The van der Waals surface area contributed by atoms with Gasteiger partial charge in [-0.15, -0.1) is 0 Å². The molecule has 31 heavy (non-hydrogen) atoms. The zero-order valence-electron chi connectivity index (χ0n) is 18.0. The van der Waals surface area contributed by atoms with E-state index in [-0.39, 0.29) is 23.3 Å². The summed E-state index contributed by atoms with van der Waals surface area (Å²) in [6, 6.07) is 11.3. The molecule has 3 aromatic rings. The van der Waals surface area contributed by atoms with Crippen molar-refractivity contribution in [2.45, 2.75) is 50.9 Å². The molecule has 6 nitrogen and oxygen atoms in total. The highest BCUT2D eigenvalue weighted by atomic mass is 32.2. The maximum atomic E-state index is 13.2. The van der Waals surface area contributed by atoms with Crippen molar-refractivity contribution in [2.75, 3.05) is 5.75 Å². The number of pyridine rings is 1. The standard InChI is InChI=1S/C24H28N4O2S/c1-16-6-5-9-20(17(16)2)26-22(29)15-31-24-27-21-8-4-3-7-19(21)23(30)28(24)14-18-10-12-25-13-11-18/h3-4,7-8,10-13,16-17,20H,5-6,9,14-15H2,1-2H3,(H,26,29)/t16-,17+,20-/m0/s1. The molecule has 1 saturated carbocycles. The van der Waals surface area contributed by atoms with E-state index in [0.29, 0.717) is 34.4 Å². The predicted molar refractivity (Wildman–Crippen MR) is 124 cm³/mol. The molecule has 0 unspecified atom stereocenters. The molecule has 7 heteroatoms. The molecule has 1 aliphatic carbocycles. The first-order valence-electron chi connectivity index (χ1n) is 10.8. The molecule has 0 spiro atoms. The summed E-state index contributed by atoms with van der Waals surface area (Å²) in [5.74, 6) is 1.33. The quantitative estimate of drug-likeness (QED) is 0.469. The van der Waals surface area contributed by atoms with Gasteiger partial charge in [-0.3, -0.25) is 19.1 Å². The first kappa shape index (κ1) is 21.6. The second kappa shape index (κ2) is 9.64. The van der Waals surface area contributed by atoms with E-state index in [1.54, 1.807) is 23.0 Å². The van der Waals surface area contributed by atoms with Crippen LogP contribution in [0.2, 0.25) is 0 Å². The van der Waals surface area contributed by atoms with Crippen LogP contribution in [0, 0.1) is 11.8 Å². The summed E-state index contributed by atoms with van der Waals surface area (Å²) in [6.07, 6.45) is 6.83. The SMILES string of the molecule is C[C@H]1[C@@H](NC(=O)CSc2nc3ccccc3c(=O)n2Cc2ccncc2)CCC[C@@H]1C. The van der Waals surface area contributed by atoms with E-state index < -0.39 is 0 Å². The lowest BCUT2D eigenvalue weighted by atomic mass is 9.78. The number of aromatic nitrogens is 3. The molecule has 1 amide bonds. The van der Waals surface area contributed by atoms with Gasteiger partial charge >= 0.3 is 0 Å². The molecule has 1 fully saturated rings. The molecule has 2 heterocycles. The predicted octanol–water partition coefficient (Wildman–Crippen LogP) is 3.87. The molecule has 1 N–H and O–H groups in total. The fraction of sp³-hybridized carbons (Fsp3) is 0.417. The molecule has 1 aromatic carbocycles. The van der Waals surface area contributed by atoms with Gasteiger partial charge in [-0.1, -0.05) is 50.6 Å². The molecule has 0 saturated heterocycles. The average Bonchev–Trinajstić information content (AvgIpc) is 2.78. The van der Waals surface area contributed by atoms with Crippen LogP contribution in [0.1, 0.15) is 38.7 Å². The fourth-order valence-corrected chi connectivity index (χ4v) is 5.04. The number of thioether (sulfide) groups is 1. The van der Waals surface area contributed by atoms with Crippen molar-refractivity contribution in [1.29, 1.82) is 0 Å². The van der Waals surface area contributed by atoms with Crippen molar-refractivity contribution >= 4 is 28.6 Å². The van der Waals surface area contributed by atoms with E-state index in [4.69, 9.17) is 4.98 Å². The maximum Gasteiger partial charge on any atom is 0.262 e. The molecule has 0 radical (unpaired) electrons. The van der Waals surface area contributed by atoms with Crippen LogP contribution in [0.4, 0.5) is 0 Å². The van der Waals surface area contributed by atoms with Gasteiger partial charge in [-0.25, -0.2) is 4.98 Å². The van der Waals surface area contributed by atoms with Crippen molar-refractivity contribution in [3.8, 4) is 0 Å². The van der Waals surface area contributed by atoms with Gasteiger partial charge in [0.05, 0.1) is 23.2 Å². The number of hydrogen-bond donors (Lipinski definition) is 1. The lowest BCUT2D eigenvalue weighted by Crippen LogP contribution is -2.44. The maximum absolute atomic E-state index is 13.2. The minimum absolute atomic E-state index is 0.00572. The van der Waals surface area contributed by atoms with E-state index in [2.05, 4.69) is 24.1 Å². The van der Waals surface area contributed by atoms with Gasteiger partial charge in [0.25, 0.3) is 5.56 Å². The molecule has 0 bridgehead atoms. The number of benzene rings is 1. The molecular formula is C24H28N4O2S. The van der Waals surface area contributed by atoms with Gasteiger partial charge in [0.15, 0.2) is 5.16 Å². The Hall–Kier alpha value is -2.67. The monoisotopic (exact) mass is 436 g/mol. The van der Waals surface area contributed by atoms with Gasteiger partial charge < -0.3 is 5.32 Å². The highest BCUT2D eigenvalue weighted by Gasteiger charge is 2.28. The van der Waals surface area contributed by atoms with Crippen LogP contribution in [-0.4, -0.2) is 32.2 Å². The molecule has 0 aliphatic heterocycles. The first-order chi connectivity index (χ1) is 15.0. The number of carbonyl (C=O) groups excluding carboxylic acids is 1. The van der Waals surface area contributed by atoms with Crippen LogP contribution in [0.25, 0.3) is 10.9 Å². The lowest BCUT2D eigenvalue weighted by molar-refractivity contribution is -0.120. The Morgan fingerprint density at radius 2 is 1.94 bits per heavy atom. The van der Waals surface area contributed by atoms with E-state index in [1.807, 2.05) is 30.3 Å². The van der Waals surface area contributed by atoms with E-state index in [0.717, 1.165) is 18.4 Å². The zero-order chi connectivity index (χ0) is 21.8. The third kappa shape index (κ3) is 4.98. The first-order valence-corrected chi connectivity index (χ1v) is 11.8. The van der Waals surface area contributed by atoms with Crippen LogP contribution < -0.4 is 10.9 Å². The normalized spacial score (nSPS) is 21.2. The number of carbonyl (C=O) groups is 1. The van der Waals surface area contributed by atoms with Crippen LogP contribution in [0.15, 0.2) is 58.7 Å². The minimum Gasteiger partial charge on any atom is -0.352 e. The molecule has 2 aromatic heterocycles. The minimum atomic E-state index is -0.0972. The molecule has 3 atom stereocenters. The van der Waals surface area contributed by atoms with Crippen LogP contribution in [-0.2, 0) is 11.3 Å². The van der Waals surface area contributed by atoms with Crippen molar-refractivity contribution in [1.82, 2.24) is 19.9 Å². The topological polar surface area (TPSA) is 76.9 Å². The third-order valence-corrected chi connectivity index (χ3v) is 7.28. The summed E-state index contributed by atoms with van der Waals surface area (Å²) in [7, 11) is 0. The van der Waals surface area contributed by atoms with Gasteiger partial charge in [0.2, 0.25) is 5.91 Å². The van der Waals surface area contributed by atoms with Gasteiger partial charge in [-0.05, 0) is 48.1 Å². The average molecular weight is 437 g/mol. The summed E-state index contributed by atoms with van der Waals surface area (Å²) in [5.41, 5.74) is 1.52. The number of rotatable bonds is 6. The van der Waals surface area contributed by atoms with E-state index >= 15 is 0 Å². The second-order valence-corrected chi connectivity index (χ2v) is 9.33.